The number of sulfonamides is 1. The van der Waals surface area contributed by atoms with Crippen molar-refractivity contribution < 1.29 is 18.3 Å². The Morgan fingerprint density at radius 1 is 1.33 bits per heavy atom. The summed E-state index contributed by atoms with van der Waals surface area (Å²) in [5.41, 5.74) is 0. The Morgan fingerprint density at radius 3 is 2.39 bits per heavy atom. The van der Waals surface area contributed by atoms with Gasteiger partial charge in [0.2, 0.25) is 15.9 Å². The van der Waals surface area contributed by atoms with Crippen LogP contribution in [0.15, 0.2) is 0 Å². The third-order valence-corrected chi connectivity index (χ3v) is 5.13. The van der Waals surface area contributed by atoms with Crippen molar-refractivity contribution in [2.45, 2.75) is 25.3 Å². The molecule has 1 unspecified atom stereocenters. The van der Waals surface area contributed by atoms with Crippen LogP contribution in [-0.4, -0.2) is 67.2 Å². The van der Waals surface area contributed by atoms with Crippen molar-refractivity contribution in [2.24, 2.45) is 5.92 Å². The van der Waals surface area contributed by atoms with E-state index in [0.29, 0.717) is 38.9 Å². The first-order valence-corrected chi connectivity index (χ1v) is 8.12. The smallest absolute Gasteiger partial charge is 0.223 e. The van der Waals surface area contributed by atoms with E-state index in [1.807, 2.05) is 4.90 Å². The number of aliphatic hydroxyl groups is 1. The highest BCUT2D eigenvalue weighted by Crippen LogP contribution is 2.25. The molecule has 1 atom stereocenters. The van der Waals surface area contributed by atoms with Crippen molar-refractivity contribution in [1.82, 2.24) is 9.21 Å². The van der Waals surface area contributed by atoms with Gasteiger partial charge in [0.05, 0.1) is 6.26 Å². The van der Waals surface area contributed by atoms with Crippen LogP contribution < -0.4 is 0 Å². The summed E-state index contributed by atoms with van der Waals surface area (Å²) in [6.07, 6.45) is 3.02. The quantitative estimate of drug-likeness (QED) is 0.736. The minimum atomic E-state index is -3.11. The third kappa shape index (κ3) is 2.84. The molecule has 2 aliphatic rings. The molecular weight excluding hydrogens is 256 g/mol. The van der Waals surface area contributed by atoms with Crippen molar-refractivity contribution in [3.05, 3.63) is 0 Å². The van der Waals surface area contributed by atoms with E-state index in [1.165, 1.54) is 10.6 Å². The molecule has 0 saturated carbocycles. The zero-order chi connectivity index (χ0) is 13.3. The minimum absolute atomic E-state index is 0.0461. The molecule has 0 aliphatic carbocycles. The van der Waals surface area contributed by atoms with E-state index in [1.54, 1.807) is 0 Å². The van der Waals surface area contributed by atoms with Gasteiger partial charge in [-0.25, -0.2) is 12.7 Å². The highest BCUT2D eigenvalue weighted by molar-refractivity contribution is 7.88. The van der Waals surface area contributed by atoms with Gasteiger partial charge in [-0.15, -0.1) is 0 Å². The average molecular weight is 276 g/mol. The topological polar surface area (TPSA) is 77.9 Å². The summed E-state index contributed by atoms with van der Waals surface area (Å²) in [5, 5.41) is 9.08. The van der Waals surface area contributed by atoms with Crippen LogP contribution in [-0.2, 0) is 14.8 Å². The van der Waals surface area contributed by atoms with E-state index in [0.717, 1.165) is 0 Å². The van der Waals surface area contributed by atoms with E-state index >= 15 is 0 Å². The van der Waals surface area contributed by atoms with Crippen LogP contribution in [0.1, 0.15) is 19.3 Å². The van der Waals surface area contributed by atoms with Gasteiger partial charge in [-0.3, -0.25) is 4.79 Å². The fourth-order valence-corrected chi connectivity index (χ4v) is 3.64. The van der Waals surface area contributed by atoms with Gasteiger partial charge < -0.3 is 10.0 Å². The molecule has 0 aromatic carbocycles. The SMILES string of the molecule is CS(=O)(=O)N1CCC(N2CC(CO)CC2=O)CC1. The molecule has 1 amide bonds. The summed E-state index contributed by atoms with van der Waals surface area (Å²) in [5.74, 6) is 0.136. The molecule has 6 nitrogen and oxygen atoms in total. The Labute approximate surface area is 108 Å². The van der Waals surface area contributed by atoms with Crippen molar-refractivity contribution in [2.75, 3.05) is 32.5 Å². The molecule has 2 saturated heterocycles. The van der Waals surface area contributed by atoms with Gasteiger partial charge in [-0.2, -0.15) is 0 Å². The van der Waals surface area contributed by atoms with Gasteiger partial charge in [0, 0.05) is 44.6 Å². The number of piperidine rings is 1. The van der Waals surface area contributed by atoms with Gasteiger partial charge in [-0.05, 0) is 12.8 Å². The number of carbonyl (C=O) groups is 1. The van der Waals surface area contributed by atoms with Gasteiger partial charge in [-0.1, -0.05) is 0 Å². The van der Waals surface area contributed by atoms with Gasteiger partial charge in [0.1, 0.15) is 0 Å². The largest absolute Gasteiger partial charge is 0.396 e. The Kier molecular flexibility index (Phi) is 3.93. The molecular formula is C11H20N2O4S. The maximum Gasteiger partial charge on any atom is 0.223 e. The second kappa shape index (κ2) is 5.14. The van der Waals surface area contributed by atoms with Crippen LogP contribution >= 0.6 is 0 Å². The summed E-state index contributed by atoms with van der Waals surface area (Å²) < 4.78 is 24.2. The molecule has 18 heavy (non-hydrogen) atoms. The highest BCUT2D eigenvalue weighted by atomic mass is 32.2. The Balaban J connectivity index is 1.92. The van der Waals surface area contributed by atoms with Crippen LogP contribution in [0.25, 0.3) is 0 Å². The number of carbonyl (C=O) groups excluding carboxylic acids is 1. The summed E-state index contributed by atoms with van der Waals surface area (Å²) in [6, 6.07) is 0.132. The van der Waals surface area contributed by atoms with Crippen LogP contribution in [0.4, 0.5) is 0 Å². The molecule has 2 fully saturated rings. The van der Waals surface area contributed by atoms with Crippen molar-refractivity contribution in [1.29, 1.82) is 0 Å². The summed E-state index contributed by atoms with van der Waals surface area (Å²) >= 11 is 0. The van der Waals surface area contributed by atoms with Crippen molar-refractivity contribution in [3.8, 4) is 0 Å². The molecule has 0 radical (unpaired) electrons. The van der Waals surface area contributed by atoms with Gasteiger partial charge >= 0.3 is 0 Å². The summed E-state index contributed by atoms with van der Waals surface area (Å²) in [7, 11) is -3.11. The van der Waals surface area contributed by atoms with Crippen molar-refractivity contribution in [3.63, 3.8) is 0 Å². The molecule has 1 N–H and O–H groups in total. The number of likely N-dealkylation sites (tertiary alicyclic amines) is 1. The Morgan fingerprint density at radius 2 is 1.94 bits per heavy atom. The number of hydrogen-bond donors (Lipinski definition) is 1. The Bertz CT molecular complexity index is 415. The lowest BCUT2D eigenvalue weighted by atomic mass is 10.1. The molecule has 104 valence electrons. The number of aliphatic hydroxyl groups excluding tert-OH is 1. The first-order valence-electron chi connectivity index (χ1n) is 6.27. The molecule has 2 rings (SSSR count). The molecule has 2 heterocycles. The lowest BCUT2D eigenvalue weighted by Gasteiger charge is -2.35. The normalized spacial score (nSPS) is 28.0. The molecule has 0 spiro atoms. The number of rotatable bonds is 3. The van der Waals surface area contributed by atoms with E-state index in [4.69, 9.17) is 5.11 Å². The monoisotopic (exact) mass is 276 g/mol. The number of amides is 1. The third-order valence-electron chi connectivity index (χ3n) is 3.83. The zero-order valence-corrected chi connectivity index (χ0v) is 11.4. The molecule has 0 bridgehead atoms. The minimum Gasteiger partial charge on any atom is -0.396 e. The first kappa shape index (κ1) is 13.8. The molecule has 7 heteroatoms. The summed E-state index contributed by atoms with van der Waals surface area (Å²) in [6.45, 7) is 1.62. The lowest BCUT2D eigenvalue weighted by molar-refractivity contribution is -0.130. The second-order valence-electron chi connectivity index (χ2n) is 5.19. The van der Waals surface area contributed by atoms with E-state index in [-0.39, 0.29) is 24.5 Å². The van der Waals surface area contributed by atoms with Crippen LogP contribution in [0.3, 0.4) is 0 Å². The highest BCUT2D eigenvalue weighted by Gasteiger charge is 2.36. The average Bonchev–Trinajstić information content (AvgIpc) is 2.70. The standard InChI is InChI=1S/C11H20N2O4S/c1-18(16,17)12-4-2-10(3-5-12)13-7-9(8-14)6-11(13)15/h9-10,14H,2-8H2,1H3. The first-order chi connectivity index (χ1) is 8.41. The fourth-order valence-electron chi connectivity index (χ4n) is 2.77. The van der Waals surface area contributed by atoms with Crippen LogP contribution in [0.2, 0.25) is 0 Å². The number of nitrogens with zero attached hydrogens (tertiary/aromatic N) is 2. The number of hydrogen-bond acceptors (Lipinski definition) is 4. The lowest BCUT2D eigenvalue weighted by Crippen LogP contribution is -2.47. The van der Waals surface area contributed by atoms with E-state index in [9.17, 15) is 13.2 Å². The predicted octanol–water partition coefficient (Wildman–Crippen LogP) is -0.749. The predicted molar refractivity (Wildman–Crippen MR) is 66.3 cm³/mol. The molecule has 0 aromatic rings. The maximum atomic E-state index is 11.8. The molecule has 0 aromatic heterocycles. The molecule has 2 aliphatic heterocycles. The van der Waals surface area contributed by atoms with Crippen LogP contribution in [0.5, 0.6) is 0 Å². The fraction of sp³-hybridized carbons (Fsp3) is 0.909. The van der Waals surface area contributed by atoms with E-state index < -0.39 is 10.0 Å². The van der Waals surface area contributed by atoms with Crippen LogP contribution in [0, 0.1) is 5.92 Å². The van der Waals surface area contributed by atoms with Gasteiger partial charge in [0.15, 0.2) is 0 Å². The zero-order valence-electron chi connectivity index (χ0n) is 10.6. The maximum absolute atomic E-state index is 11.8. The second-order valence-corrected chi connectivity index (χ2v) is 7.17. The Hall–Kier alpha value is -0.660. The summed E-state index contributed by atoms with van der Waals surface area (Å²) in [4.78, 5) is 13.6. The van der Waals surface area contributed by atoms with E-state index in [2.05, 4.69) is 0 Å². The van der Waals surface area contributed by atoms with Crippen molar-refractivity contribution >= 4 is 15.9 Å². The van der Waals surface area contributed by atoms with Gasteiger partial charge in [0.25, 0.3) is 0 Å².